The average Bonchev–Trinajstić information content (AvgIpc) is 2.86. The van der Waals surface area contributed by atoms with Gasteiger partial charge in [0.2, 0.25) is 0 Å². The highest BCUT2D eigenvalue weighted by atomic mass is 16.5. The van der Waals surface area contributed by atoms with Crippen molar-refractivity contribution in [1.29, 1.82) is 0 Å². The van der Waals surface area contributed by atoms with E-state index in [0.717, 1.165) is 18.7 Å². The fraction of sp³-hybridized carbons (Fsp3) is 0.375. The Labute approximate surface area is 108 Å². The fourth-order valence-corrected chi connectivity index (χ4v) is 2.89. The smallest absolute Gasteiger partial charge is 0.127 e. The van der Waals surface area contributed by atoms with Gasteiger partial charge in [-0.1, -0.05) is 36.4 Å². The summed E-state index contributed by atoms with van der Waals surface area (Å²) in [6.45, 7) is 0.732. The summed E-state index contributed by atoms with van der Waals surface area (Å²) in [7, 11) is 0. The van der Waals surface area contributed by atoms with Gasteiger partial charge in [0, 0.05) is 11.3 Å². The molecule has 0 radical (unpaired) electrons. The van der Waals surface area contributed by atoms with Crippen molar-refractivity contribution in [3.63, 3.8) is 0 Å². The van der Waals surface area contributed by atoms with Gasteiger partial charge in [0.05, 0.1) is 0 Å². The summed E-state index contributed by atoms with van der Waals surface area (Å²) in [5, 5.41) is 2.43. The molecular formula is C16H19NO. The minimum absolute atomic E-state index is 0.292. The summed E-state index contributed by atoms with van der Waals surface area (Å²) in [5.41, 5.74) is 5.81. The van der Waals surface area contributed by atoms with Crippen LogP contribution < -0.4 is 10.5 Å². The molecule has 1 saturated carbocycles. The van der Waals surface area contributed by atoms with E-state index in [2.05, 4.69) is 42.5 Å². The Kier molecular flexibility index (Phi) is 3.20. The van der Waals surface area contributed by atoms with E-state index in [0.29, 0.717) is 12.0 Å². The van der Waals surface area contributed by atoms with Crippen LogP contribution in [0.3, 0.4) is 0 Å². The van der Waals surface area contributed by atoms with E-state index in [-0.39, 0.29) is 0 Å². The lowest BCUT2D eigenvalue weighted by molar-refractivity contribution is 0.164. The molecule has 94 valence electrons. The molecule has 3 rings (SSSR count). The molecule has 0 aliphatic heterocycles. The van der Waals surface area contributed by atoms with E-state index in [1.807, 2.05) is 0 Å². The second kappa shape index (κ2) is 4.99. The van der Waals surface area contributed by atoms with Gasteiger partial charge in [-0.25, -0.2) is 0 Å². The van der Waals surface area contributed by atoms with Crippen molar-refractivity contribution >= 4 is 10.8 Å². The van der Waals surface area contributed by atoms with Crippen LogP contribution in [0.15, 0.2) is 42.5 Å². The van der Waals surface area contributed by atoms with Crippen molar-refractivity contribution in [1.82, 2.24) is 0 Å². The Balaban J connectivity index is 1.90. The molecule has 1 aliphatic rings. The first-order chi connectivity index (χ1) is 8.88. The number of fused-ring (bicyclic) bond motifs is 1. The van der Waals surface area contributed by atoms with E-state index in [4.69, 9.17) is 10.5 Å². The summed E-state index contributed by atoms with van der Waals surface area (Å²) in [6, 6.07) is 14.6. The molecule has 1 aliphatic carbocycles. The van der Waals surface area contributed by atoms with Gasteiger partial charge in [0.25, 0.3) is 0 Å². The molecule has 18 heavy (non-hydrogen) atoms. The predicted octanol–water partition coefficient (Wildman–Crippen LogP) is 3.35. The highest BCUT2D eigenvalue weighted by molar-refractivity contribution is 5.88. The van der Waals surface area contributed by atoms with Crippen LogP contribution in [0.2, 0.25) is 0 Å². The molecule has 2 aromatic carbocycles. The lowest BCUT2D eigenvalue weighted by Gasteiger charge is -2.20. The van der Waals surface area contributed by atoms with Crippen LogP contribution in [0.25, 0.3) is 10.8 Å². The summed E-state index contributed by atoms with van der Waals surface area (Å²) in [4.78, 5) is 0. The zero-order valence-corrected chi connectivity index (χ0v) is 10.5. The molecule has 0 bridgehead atoms. The standard InChI is InChI=1S/C16H19NO/c17-11-13-7-4-9-15(13)18-16-10-3-6-12-5-1-2-8-14(12)16/h1-3,5-6,8,10,13,15H,4,7,9,11,17H2. The van der Waals surface area contributed by atoms with Gasteiger partial charge >= 0.3 is 0 Å². The molecule has 0 saturated heterocycles. The summed E-state index contributed by atoms with van der Waals surface area (Å²) in [6.07, 6.45) is 3.86. The Bertz CT molecular complexity index is 532. The maximum Gasteiger partial charge on any atom is 0.127 e. The number of hydrogen-bond donors (Lipinski definition) is 1. The van der Waals surface area contributed by atoms with Crippen LogP contribution >= 0.6 is 0 Å². The molecule has 1 fully saturated rings. The number of benzene rings is 2. The Morgan fingerprint density at radius 2 is 1.89 bits per heavy atom. The van der Waals surface area contributed by atoms with Crippen LogP contribution in [0.1, 0.15) is 19.3 Å². The maximum absolute atomic E-state index is 6.21. The van der Waals surface area contributed by atoms with E-state index in [9.17, 15) is 0 Å². The second-order valence-corrected chi connectivity index (χ2v) is 5.06. The van der Waals surface area contributed by atoms with Crippen molar-refractivity contribution in [2.45, 2.75) is 25.4 Å². The SMILES string of the molecule is NCC1CCCC1Oc1cccc2ccccc12. The van der Waals surface area contributed by atoms with Crippen molar-refractivity contribution in [2.75, 3.05) is 6.54 Å². The highest BCUT2D eigenvalue weighted by Gasteiger charge is 2.28. The number of nitrogens with two attached hydrogens (primary N) is 1. The van der Waals surface area contributed by atoms with Gasteiger partial charge < -0.3 is 10.5 Å². The zero-order chi connectivity index (χ0) is 12.4. The average molecular weight is 241 g/mol. The lowest BCUT2D eigenvalue weighted by atomic mass is 10.1. The van der Waals surface area contributed by atoms with Crippen molar-refractivity contribution in [3.8, 4) is 5.75 Å². The third kappa shape index (κ3) is 2.08. The molecule has 2 nitrogen and oxygen atoms in total. The first kappa shape index (κ1) is 11.5. The van der Waals surface area contributed by atoms with E-state index >= 15 is 0 Å². The molecule has 2 atom stereocenters. The van der Waals surface area contributed by atoms with Crippen LogP contribution in [0, 0.1) is 5.92 Å². The zero-order valence-electron chi connectivity index (χ0n) is 10.5. The van der Waals surface area contributed by atoms with E-state index in [1.165, 1.54) is 23.6 Å². The fourth-order valence-electron chi connectivity index (χ4n) is 2.89. The Morgan fingerprint density at radius 1 is 1.06 bits per heavy atom. The number of rotatable bonds is 3. The van der Waals surface area contributed by atoms with Gasteiger partial charge in [0.15, 0.2) is 0 Å². The summed E-state index contributed by atoms with van der Waals surface area (Å²) in [5.74, 6) is 1.52. The van der Waals surface area contributed by atoms with Crippen LogP contribution in [-0.2, 0) is 0 Å². The Morgan fingerprint density at radius 3 is 2.78 bits per heavy atom. The van der Waals surface area contributed by atoms with Crippen LogP contribution in [-0.4, -0.2) is 12.6 Å². The molecule has 0 aromatic heterocycles. The maximum atomic E-state index is 6.21. The van der Waals surface area contributed by atoms with Crippen molar-refractivity contribution < 1.29 is 4.74 Å². The first-order valence-electron chi connectivity index (χ1n) is 6.73. The van der Waals surface area contributed by atoms with Gasteiger partial charge in [-0.15, -0.1) is 0 Å². The monoisotopic (exact) mass is 241 g/mol. The van der Waals surface area contributed by atoms with E-state index in [1.54, 1.807) is 0 Å². The minimum atomic E-state index is 0.292. The predicted molar refractivity (Wildman–Crippen MR) is 74.8 cm³/mol. The van der Waals surface area contributed by atoms with Gasteiger partial charge in [0.1, 0.15) is 11.9 Å². The quantitative estimate of drug-likeness (QED) is 0.894. The molecule has 0 heterocycles. The molecule has 0 amide bonds. The lowest BCUT2D eigenvalue weighted by Crippen LogP contribution is -2.27. The summed E-state index contributed by atoms with van der Waals surface area (Å²) < 4.78 is 6.21. The van der Waals surface area contributed by atoms with Crippen LogP contribution in [0.4, 0.5) is 0 Å². The summed E-state index contributed by atoms with van der Waals surface area (Å²) >= 11 is 0. The van der Waals surface area contributed by atoms with Crippen molar-refractivity contribution in [3.05, 3.63) is 42.5 Å². The van der Waals surface area contributed by atoms with Gasteiger partial charge in [-0.3, -0.25) is 0 Å². The molecule has 2 N–H and O–H groups in total. The molecule has 2 heteroatoms. The second-order valence-electron chi connectivity index (χ2n) is 5.06. The third-order valence-corrected chi connectivity index (χ3v) is 3.92. The largest absolute Gasteiger partial charge is 0.489 e. The topological polar surface area (TPSA) is 35.2 Å². The molecule has 2 unspecified atom stereocenters. The third-order valence-electron chi connectivity index (χ3n) is 3.92. The van der Waals surface area contributed by atoms with Crippen LogP contribution in [0.5, 0.6) is 5.75 Å². The van der Waals surface area contributed by atoms with Gasteiger partial charge in [-0.05, 0) is 37.3 Å². The Hall–Kier alpha value is -1.54. The minimum Gasteiger partial charge on any atom is -0.489 e. The first-order valence-corrected chi connectivity index (χ1v) is 6.73. The molecule has 2 aromatic rings. The normalized spacial score (nSPS) is 23.4. The number of ether oxygens (including phenoxy) is 1. The molecule has 0 spiro atoms. The van der Waals surface area contributed by atoms with E-state index < -0.39 is 0 Å². The van der Waals surface area contributed by atoms with Gasteiger partial charge in [-0.2, -0.15) is 0 Å². The highest BCUT2D eigenvalue weighted by Crippen LogP contribution is 2.32. The molecular weight excluding hydrogens is 222 g/mol. The number of hydrogen-bond acceptors (Lipinski definition) is 2. The van der Waals surface area contributed by atoms with Crippen molar-refractivity contribution in [2.24, 2.45) is 11.7 Å².